The van der Waals surface area contributed by atoms with Crippen molar-refractivity contribution in [3.05, 3.63) is 73.5 Å². The Labute approximate surface area is 192 Å². The molecule has 4 aromatic rings. The molecule has 0 unspecified atom stereocenters. The Morgan fingerprint density at radius 1 is 1.26 bits per heavy atom. The van der Waals surface area contributed by atoms with Gasteiger partial charge in [-0.25, -0.2) is 4.98 Å². The first-order valence-electron chi connectivity index (χ1n) is 9.38. The summed E-state index contributed by atoms with van der Waals surface area (Å²) in [6, 6.07) is 13.1. The van der Waals surface area contributed by atoms with Gasteiger partial charge in [-0.1, -0.05) is 41.3 Å². The Bertz CT molecular complexity index is 1420. The fourth-order valence-electron chi connectivity index (χ4n) is 3.29. The van der Waals surface area contributed by atoms with Crippen molar-refractivity contribution in [3.63, 3.8) is 0 Å². The summed E-state index contributed by atoms with van der Waals surface area (Å²) in [5.74, 6) is 1.17. The van der Waals surface area contributed by atoms with Crippen molar-refractivity contribution in [1.29, 1.82) is 0 Å². The highest BCUT2D eigenvalue weighted by atomic mass is 32.2. The molecule has 2 aromatic carbocycles. The number of benzene rings is 2. The molecular weight excluding hydrogens is 450 g/mol. The average molecular weight is 470 g/mol. The summed E-state index contributed by atoms with van der Waals surface area (Å²) in [6.07, 6.45) is 0.801. The smallest absolute Gasteiger partial charge is 0.273 e. The van der Waals surface area contributed by atoms with E-state index in [0.29, 0.717) is 36.5 Å². The Balaban J connectivity index is 1.81. The molecule has 0 saturated carbocycles. The first-order valence-corrected chi connectivity index (χ1v) is 11.6. The lowest BCUT2D eigenvalue weighted by Gasteiger charge is -2.12. The Kier molecular flexibility index (Phi) is 6.08. The average Bonchev–Trinajstić information content (AvgIpc) is 3.11. The number of rotatable bonds is 6. The minimum Gasteiger partial charge on any atom is -0.496 e. The molecule has 2 heterocycles. The van der Waals surface area contributed by atoms with Crippen LogP contribution in [0.1, 0.15) is 21.5 Å². The van der Waals surface area contributed by atoms with E-state index in [0.717, 1.165) is 23.1 Å². The van der Waals surface area contributed by atoms with E-state index in [2.05, 4.69) is 0 Å². The summed E-state index contributed by atoms with van der Waals surface area (Å²) in [4.78, 5) is 29.0. The van der Waals surface area contributed by atoms with Crippen LogP contribution in [0.4, 0.5) is 0 Å². The number of ether oxygens (including phenoxy) is 1. The van der Waals surface area contributed by atoms with Crippen molar-refractivity contribution in [2.24, 2.45) is 7.05 Å². The van der Waals surface area contributed by atoms with E-state index in [-0.39, 0.29) is 5.56 Å². The molecule has 0 bridgehead atoms. The molecular formula is C22H19N3O3S3. The summed E-state index contributed by atoms with van der Waals surface area (Å²) in [5.41, 5.74) is 3.81. The number of hydrogen-bond donors (Lipinski definition) is 0. The lowest BCUT2D eigenvalue weighted by molar-refractivity contribution is 0.112. The van der Waals surface area contributed by atoms with Gasteiger partial charge < -0.3 is 4.74 Å². The number of aromatic nitrogens is 3. The number of methoxy groups -OCH3 is 1. The summed E-state index contributed by atoms with van der Waals surface area (Å²) >= 11 is 8.26. The van der Waals surface area contributed by atoms with Crippen LogP contribution in [-0.4, -0.2) is 27.5 Å². The molecule has 0 saturated heterocycles. The molecule has 0 radical (unpaired) electrons. The van der Waals surface area contributed by atoms with Gasteiger partial charge in [0, 0.05) is 23.9 Å². The molecule has 31 heavy (non-hydrogen) atoms. The largest absolute Gasteiger partial charge is 0.496 e. The number of carbonyl (C=O) groups is 1. The normalized spacial score (nSPS) is 11.1. The Morgan fingerprint density at radius 3 is 2.74 bits per heavy atom. The molecule has 0 spiro atoms. The van der Waals surface area contributed by atoms with Gasteiger partial charge in [0.1, 0.15) is 16.7 Å². The quantitative estimate of drug-likeness (QED) is 0.173. The van der Waals surface area contributed by atoms with Crippen molar-refractivity contribution in [3.8, 4) is 11.4 Å². The molecule has 4 rings (SSSR count). The summed E-state index contributed by atoms with van der Waals surface area (Å²) < 4.78 is 9.93. The third kappa shape index (κ3) is 3.96. The SMILES string of the molecule is COc1ccc(C=O)cc1CSc1nc2c(sc(=S)n2-c2ccccc2C)c(=O)n1C. The number of carbonyl (C=O) groups excluding carboxylic acids is 1. The van der Waals surface area contributed by atoms with Gasteiger partial charge in [-0.2, -0.15) is 0 Å². The van der Waals surface area contributed by atoms with Gasteiger partial charge in [-0.05, 0) is 49.0 Å². The molecule has 0 N–H and O–H groups in total. The Morgan fingerprint density at radius 2 is 2.03 bits per heavy atom. The zero-order valence-corrected chi connectivity index (χ0v) is 19.6. The molecule has 6 nitrogen and oxygen atoms in total. The number of thiazole rings is 1. The van der Waals surface area contributed by atoms with Crippen LogP contribution in [0.15, 0.2) is 52.4 Å². The first-order chi connectivity index (χ1) is 14.9. The van der Waals surface area contributed by atoms with E-state index in [1.165, 1.54) is 27.7 Å². The predicted octanol–water partition coefficient (Wildman–Crippen LogP) is 4.94. The molecule has 0 atom stereocenters. The van der Waals surface area contributed by atoms with Gasteiger partial charge in [0.15, 0.2) is 14.8 Å². The fraction of sp³-hybridized carbons (Fsp3) is 0.182. The highest BCUT2D eigenvalue weighted by molar-refractivity contribution is 7.98. The molecule has 0 fully saturated rings. The van der Waals surface area contributed by atoms with Crippen LogP contribution >= 0.6 is 35.3 Å². The molecule has 0 aliphatic carbocycles. The minimum absolute atomic E-state index is 0.135. The molecule has 9 heteroatoms. The highest BCUT2D eigenvalue weighted by Crippen LogP contribution is 2.30. The first kappa shape index (κ1) is 21.5. The van der Waals surface area contributed by atoms with E-state index in [1.807, 2.05) is 35.8 Å². The Hall–Kier alpha value is -2.75. The van der Waals surface area contributed by atoms with E-state index in [1.54, 1.807) is 32.4 Å². The van der Waals surface area contributed by atoms with Gasteiger partial charge in [0.25, 0.3) is 5.56 Å². The second-order valence-electron chi connectivity index (χ2n) is 6.88. The van der Waals surface area contributed by atoms with Crippen LogP contribution < -0.4 is 10.3 Å². The predicted molar refractivity (Wildman–Crippen MR) is 128 cm³/mol. The molecule has 2 aromatic heterocycles. The maximum Gasteiger partial charge on any atom is 0.273 e. The van der Waals surface area contributed by atoms with Gasteiger partial charge in [0.2, 0.25) is 0 Å². The second kappa shape index (κ2) is 8.78. The van der Waals surface area contributed by atoms with Gasteiger partial charge in [0.05, 0.1) is 12.8 Å². The fourth-order valence-corrected chi connectivity index (χ4v) is 5.57. The summed E-state index contributed by atoms with van der Waals surface area (Å²) in [6.45, 7) is 2.00. The minimum atomic E-state index is -0.135. The monoisotopic (exact) mass is 469 g/mol. The number of hydrogen-bond acceptors (Lipinski definition) is 7. The molecule has 158 valence electrons. The zero-order valence-electron chi connectivity index (χ0n) is 17.1. The number of aldehydes is 1. The van der Waals surface area contributed by atoms with Crippen LogP contribution in [-0.2, 0) is 12.8 Å². The van der Waals surface area contributed by atoms with Crippen LogP contribution in [0.2, 0.25) is 0 Å². The second-order valence-corrected chi connectivity index (χ2v) is 9.47. The maximum atomic E-state index is 13.1. The van der Waals surface area contributed by atoms with E-state index >= 15 is 0 Å². The lowest BCUT2D eigenvalue weighted by atomic mass is 10.1. The van der Waals surface area contributed by atoms with Crippen molar-refractivity contribution in [2.75, 3.05) is 7.11 Å². The van der Waals surface area contributed by atoms with Crippen LogP contribution in [0.3, 0.4) is 0 Å². The van der Waals surface area contributed by atoms with Crippen molar-refractivity contribution >= 4 is 51.9 Å². The van der Waals surface area contributed by atoms with Crippen LogP contribution in [0.25, 0.3) is 16.0 Å². The van der Waals surface area contributed by atoms with Gasteiger partial charge >= 0.3 is 0 Å². The van der Waals surface area contributed by atoms with E-state index in [9.17, 15) is 9.59 Å². The molecule has 0 aliphatic heterocycles. The van der Waals surface area contributed by atoms with E-state index < -0.39 is 0 Å². The zero-order chi connectivity index (χ0) is 22.1. The van der Waals surface area contributed by atoms with Crippen molar-refractivity contribution in [2.45, 2.75) is 17.8 Å². The maximum absolute atomic E-state index is 13.1. The number of fused-ring (bicyclic) bond motifs is 1. The number of nitrogens with zero attached hydrogens (tertiary/aromatic N) is 3. The summed E-state index contributed by atoms with van der Waals surface area (Å²) in [5, 5.41) is 0.561. The standard InChI is InChI=1S/C22H19N3O3S3/c1-13-6-4-5-7-16(13)25-19-18(31-22(25)29)20(27)24(2)21(23-19)30-12-15-10-14(11-26)8-9-17(15)28-3/h4-11H,12H2,1-3H3. The van der Waals surface area contributed by atoms with Gasteiger partial charge in [-0.3, -0.25) is 18.7 Å². The lowest BCUT2D eigenvalue weighted by Crippen LogP contribution is -2.19. The molecule has 0 aliphatic rings. The highest BCUT2D eigenvalue weighted by Gasteiger charge is 2.17. The number of aryl methyl sites for hydroxylation is 1. The topological polar surface area (TPSA) is 66.1 Å². The third-order valence-corrected chi connectivity index (χ3v) is 7.36. The summed E-state index contributed by atoms with van der Waals surface area (Å²) in [7, 11) is 3.29. The van der Waals surface area contributed by atoms with E-state index in [4.69, 9.17) is 21.9 Å². The van der Waals surface area contributed by atoms with Crippen molar-refractivity contribution in [1.82, 2.24) is 14.1 Å². The number of para-hydroxylation sites is 1. The third-order valence-electron chi connectivity index (χ3n) is 4.93. The number of thioether (sulfide) groups is 1. The van der Waals surface area contributed by atoms with Crippen molar-refractivity contribution < 1.29 is 9.53 Å². The van der Waals surface area contributed by atoms with Crippen LogP contribution in [0.5, 0.6) is 5.75 Å². The van der Waals surface area contributed by atoms with Crippen LogP contribution in [0, 0.1) is 10.9 Å². The molecule has 0 amide bonds. The van der Waals surface area contributed by atoms with Gasteiger partial charge in [-0.15, -0.1) is 0 Å².